The Morgan fingerprint density at radius 1 is 1.19 bits per heavy atom. The van der Waals surface area contributed by atoms with Crippen LogP contribution in [0, 0.1) is 0 Å². The maximum atomic E-state index is 12.5. The van der Waals surface area contributed by atoms with Crippen LogP contribution in [0.5, 0.6) is 5.75 Å². The number of phenolic OH excluding ortho intramolecular Hbond substituents is 1. The molecule has 1 aliphatic heterocycles. The molecule has 1 heterocycles. The summed E-state index contributed by atoms with van der Waals surface area (Å²) < 4.78 is 0. The van der Waals surface area contributed by atoms with Gasteiger partial charge in [0.1, 0.15) is 12.3 Å². The van der Waals surface area contributed by atoms with Crippen molar-refractivity contribution in [1.29, 1.82) is 0 Å². The molecule has 2 N–H and O–H groups in total. The largest absolute Gasteiger partial charge is 0.507 e. The summed E-state index contributed by atoms with van der Waals surface area (Å²) in [5, 5.41) is 12.5. The maximum Gasteiger partial charge on any atom is 0.294 e. The number of hydrogen-bond acceptors (Lipinski definition) is 5. The molecule has 2 aromatic carbocycles. The smallest absolute Gasteiger partial charge is 0.294 e. The highest BCUT2D eigenvalue weighted by Crippen LogP contribution is 2.34. The van der Waals surface area contributed by atoms with E-state index in [9.17, 15) is 19.5 Å². The molecule has 1 aliphatic rings. The van der Waals surface area contributed by atoms with Crippen molar-refractivity contribution in [3.05, 3.63) is 63.0 Å². The van der Waals surface area contributed by atoms with Crippen LogP contribution in [-0.4, -0.2) is 33.6 Å². The molecule has 0 atom stereocenters. The topological polar surface area (TPSA) is 86.7 Å². The van der Waals surface area contributed by atoms with Gasteiger partial charge in [-0.05, 0) is 48.2 Å². The van der Waals surface area contributed by atoms with Crippen molar-refractivity contribution in [2.24, 2.45) is 0 Å². The molecule has 138 valence electrons. The molecule has 0 bridgehead atoms. The zero-order valence-electron chi connectivity index (χ0n) is 13.6. The zero-order chi connectivity index (χ0) is 19.6. The molecule has 1 saturated heterocycles. The maximum absolute atomic E-state index is 12.5. The van der Waals surface area contributed by atoms with Gasteiger partial charge in [-0.25, -0.2) is 0 Å². The van der Waals surface area contributed by atoms with E-state index in [0.29, 0.717) is 33.1 Å². The third-order valence-electron chi connectivity index (χ3n) is 3.60. The molecular weight excluding hydrogens is 411 g/mol. The lowest BCUT2D eigenvalue weighted by Crippen LogP contribution is -2.36. The fourth-order valence-electron chi connectivity index (χ4n) is 2.31. The number of amides is 3. The fourth-order valence-corrected chi connectivity index (χ4v) is 3.51. The number of rotatable bonds is 4. The second-order valence-electron chi connectivity index (χ2n) is 5.50. The highest BCUT2D eigenvalue weighted by Gasteiger charge is 2.36. The SMILES string of the molecule is O=C(CN1C(=O)S/C(=C/c2cc(Cl)ccc2O)C1=O)Nc1ccccc1Cl. The molecule has 1 fully saturated rings. The Morgan fingerprint density at radius 3 is 2.67 bits per heavy atom. The molecular formula is C18H12Cl2N2O4S. The molecule has 0 radical (unpaired) electrons. The number of benzene rings is 2. The van der Waals surface area contributed by atoms with Crippen molar-refractivity contribution in [2.75, 3.05) is 11.9 Å². The van der Waals surface area contributed by atoms with Crippen LogP contribution < -0.4 is 5.32 Å². The predicted molar refractivity (Wildman–Crippen MR) is 106 cm³/mol. The lowest BCUT2D eigenvalue weighted by molar-refractivity contribution is -0.127. The number of thioether (sulfide) groups is 1. The second-order valence-corrected chi connectivity index (χ2v) is 7.34. The van der Waals surface area contributed by atoms with E-state index in [1.54, 1.807) is 24.3 Å². The molecule has 0 spiro atoms. The lowest BCUT2D eigenvalue weighted by atomic mass is 10.2. The number of halogens is 2. The minimum atomic E-state index is -0.626. The Kier molecular flexibility index (Phi) is 5.74. The van der Waals surface area contributed by atoms with Crippen molar-refractivity contribution < 1.29 is 19.5 Å². The van der Waals surface area contributed by atoms with E-state index in [1.807, 2.05) is 0 Å². The molecule has 9 heteroatoms. The van der Waals surface area contributed by atoms with Crippen LogP contribution in [0.2, 0.25) is 10.0 Å². The number of anilines is 1. The average molecular weight is 423 g/mol. The Labute approximate surface area is 168 Å². The first kappa shape index (κ1) is 19.3. The minimum Gasteiger partial charge on any atom is -0.507 e. The minimum absolute atomic E-state index is 0.0809. The molecule has 2 aromatic rings. The first-order chi connectivity index (χ1) is 12.8. The number of nitrogens with one attached hydrogen (secondary N) is 1. The van der Waals surface area contributed by atoms with E-state index in [1.165, 1.54) is 24.3 Å². The highest BCUT2D eigenvalue weighted by molar-refractivity contribution is 8.18. The molecule has 0 saturated carbocycles. The lowest BCUT2D eigenvalue weighted by Gasteiger charge is -2.13. The molecule has 3 amide bonds. The average Bonchev–Trinajstić information content (AvgIpc) is 2.87. The van der Waals surface area contributed by atoms with Crippen LogP contribution in [0.3, 0.4) is 0 Å². The van der Waals surface area contributed by atoms with Crippen molar-refractivity contribution in [1.82, 2.24) is 4.90 Å². The molecule has 0 aliphatic carbocycles. The summed E-state index contributed by atoms with van der Waals surface area (Å²) in [4.78, 5) is 37.7. The Balaban J connectivity index is 1.74. The van der Waals surface area contributed by atoms with Gasteiger partial charge in [0.2, 0.25) is 5.91 Å². The summed E-state index contributed by atoms with van der Waals surface area (Å²) in [6.07, 6.45) is 1.36. The quantitative estimate of drug-likeness (QED) is 0.714. The molecule has 3 rings (SSSR count). The summed E-state index contributed by atoms with van der Waals surface area (Å²) in [7, 11) is 0. The summed E-state index contributed by atoms with van der Waals surface area (Å²) >= 11 is 12.5. The third kappa shape index (κ3) is 4.44. The zero-order valence-corrected chi connectivity index (χ0v) is 15.9. The van der Waals surface area contributed by atoms with Gasteiger partial charge < -0.3 is 10.4 Å². The van der Waals surface area contributed by atoms with Crippen LogP contribution in [0.1, 0.15) is 5.56 Å². The number of nitrogens with zero attached hydrogens (tertiary/aromatic N) is 1. The van der Waals surface area contributed by atoms with Gasteiger partial charge in [-0.3, -0.25) is 19.3 Å². The summed E-state index contributed by atoms with van der Waals surface area (Å²) in [5.74, 6) is -1.27. The first-order valence-electron chi connectivity index (χ1n) is 7.63. The van der Waals surface area contributed by atoms with E-state index in [4.69, 9.17) is 23.2 Å². The molecule has 0 aromatic heterocycles. The van der Waals surface area contributed by atoms with Crippen molar-refractivity contribution >= 4 is 63.8 Å². The van der Waals surface area contributed by atoms with E-state index < -0.39 is 23.6 Å². The van der Waals surface area contributed by atoms with Crippen LogP contribution in [0.4, 0.5) is 10.5 Å². The Hall–Kier alpha value is -2.48. The monoisotopic (exact) mass is 422 g/mol. The van der Waals surface area contributed by atoms with Gasteiger partial charge in [-0.15, -0.1) is 0 Å². The van der Waals surface area contributed by atoms with E-state index in [2.05, 4.69) is 5.32 Å². The van der Waals surface area contributed by atoms with Crippen LogP contribution in [0.15, 0.2) is 47.4 Å². The first-order valence-corrected chi connectivity index (χ1v) is 9.20. The highest BCUT2D eigenvalue weighted by atomic mass is 35.5. The number of para-hydroxylation sites is 1. The number of aromatic hydroxyl groups is 1. The van der Waals surface area contributed by atoms with Gasteiger partial charge in [0.05, 0.1) is 15.6 Å². The summed E-state index contributed by atoms with van der Waals surface area (Å²) in [6.45, 7) is -0.450. The summed E-state index contributed by atoms with van der Waals surface area (Å²) in [6, 6.07) is 11.0. The van der Waals surface area contributed by atoms with Gasteiger partial charge in [0.25, 0.3) is 11.1 Å². The van der Waals surface area contributed by atoms with E-state index >= 15 is 0 Å². The molecule has 0 unspecified atom stereocenters. The predicted octanol–water partition coefficient (Wildman–Crippen LogP) is 4.37. The van der Waals surface area contributed by atoms with E-state index in [-0.39, 0.29) is 10.7 Å². The number of carbonyl (C=O) groups is 3. The molecule has 6 nitrogen and oxygen atoms in total. The van der Waals surface area contributed by atoms with Crippen molar-refractivity contribution in [3.63, 3.8) is 0 Å². The standard InChI is InChI=1S/C18H12Cl2N2O4S/c19-11-5-6-14(23)10(7-11)8-15-17(25)22(18(26)27-15)9-16(24)21-13-4-2-1-3-12(13)20/h1-8,23H,9H2,(H,21,24)/b15-8+. The molecule has 27 heavy (non-hydrogen) atoms. The Morgan fingerprint density at radius 2 is 1.93 bits per heavy atom. The number of hydrogen-bond donors (Lipinski definition) is 2. The van der Waals surface area contributed by atoms with Gasteiger partial charge >= 0.3 is 0 Å². The third-order valence-corrected chi connectivity index (χ3v) is 5.07. The van der Waals surface area contributed by atoms with Gasteiger partial charge in [0.15, 0.2) is 0 Å². The van der Waals surface area contributed by atoms with Crippen LogP contribution >= 0.6 is 35.0 Å². The summed E-state index contributed by atoms with van der Waals surface area (Å²) in [5.41, 5.74) is 0.684. The van der Waals surface area contributed by atoms with Crippen LogP contribution in [-0.2, 0) is 9.59 Å². The number of imide groups is 1. The fraction of sp³-hybridized carbons (Fsp3) is 0.0556. The normalized spacial score (nSPS) is 15.5. The van der Waals surface area contributed by atoms with E-state index in [0.717, 1.165) is 4.90 Å². The van der Waals surface area contributed by atoms with Crippen LogP contribution in [0.25, 0.3) is 6.08 Å². The Bertz CT molecular complexity index is 978. The van der Waals surface area contributed by atoms with Crippen molar-refractivity contribution in [3.8, 4) is 5.75 Å². The van der Waals surface area contributed by atoms with Gasteiger partial charge in [0, 0.05) is 10.6 Å². The van der Waals surface area contributed by atoms with Crippen molar-refractivity contribution in [2.45, 2.75) is 0 Å². The second kappa shape index (κ2) is 8.04. The van der Waals surface area contributed by atoms with Gasteiger partial charge in [-0.1, -0.05) is 35.3 Å². The number of phenols is 1. The number of carbonyl (C=O) groups excluding carboxylic acids is 3. The van der Waals surface area contributed by atoms with Gasteiger partial charge in [-0.2, -0.15) is 0 Å².